The first-order valence-corrected chi connectivity index (χ1v) is 5.45. The number of allylic oxidation sites excluding steroid dienone is 8. The first kappa shape index (κ1) is 11.0. The first-order chi connectivity index (χ1) is 7.00. The maximum absolute atomic E-state index is 2.25. The standard InChI is InChI=1S/C14H19/c1-2-4-6-8-10-12-14-13-11-9-7-5-3-1/h1-4,7,9-10,12,14H,5-6,8,11,13H2/b3-1+,4-2+,9-7-,12-10+. The lowest BCUT2D eigenvalue weighted by Crippen LogP contribution is -1.72. The van der Waals surface area contributed by atoms with Gasteiger partial charge in [0.1, 0.15) is 0 Å². The van der Waals surface area contributed by atoms with E-state index in [1.807, 2.05) is 0 Å². The topological polar surface area (TPSA) is 0 Å². The summed E-state index contributed by atoms with van der Waals surface area (Å²) in [7, 11) is 0. The quantitative estimate of drug-likeness (QED) is 0.494. The van der Waals surface area contributed by atoms with Crippen LogP contribution < -0.4 is 0 Å². The van der Waals surface area contributed by atoms with Crippen LogP contribution in [0.4, 0.5) is 0 Å². The Hall–Kier alpha value is -1.04. The zero-order valence-corrected chi connectivity index (χ0v) is 8.73. The fourth-order valence-electron chi connectivity index (χ4n) is 1.30. The Balaban J connectivity index is 2.35. The number of rotatable bonds is 0. The SMILES string of the molecule is [CH]1/C=C/CC/C=C/C=C/C/C=C\CC1. The Morgan fingerprint density at radius 1 is 0.500 bits per heavy atom. The average molecular weight is 187 g/mol. The van der Waals surface area contributed by atoms with Crippen LogP contribution in [0.2, 0.25) is 0 Å². The smallest absolute Gasteiger partial charge is 0.0166 e. The van der Waals surface area contributed by atoms with Crippen molar-refractivity contribution in [1.82, 2.24) is 0 Å². The van der Waals surface area contributed by atoms with E-state index >= 15 is 0 Å². The van der Waals surface area contributed by atoms with Crippen LogP contribution in [-0.2, 0) is 0 Å². The maximum Gasteiger partial charge on any atom is -0.0166 e. The Labute approximate surface area is 87.7 Å². The summed E-state index contributed by atoms with van der Waals surface area (Å²) in [5, 5.41) is 0. The van der Waals surface area contributed by atoms with Crippen molar-refractivity contribution in [3.05, 3.63) is 55.0 Å². The second kappa shape index (κ2) is 8.55. The molecule has 1 aliphatic carbocycles. The van der Waals surface area contributed by atoms with Crippen LogP contribution in [0.25, 0.3) is 0 Å². The molecule has 0 amide bonds. The predicted molar refractivity (Wildman–Crippen MR) is 63.9 cm³/mol. The Kier molecular flexibility index (Phi) is 6.74. The van der Waals surface area contributed by atoms with Crippen LogP contribution in [0.15, 0.2) is 48.6 Å². The summed E-state index contributed by atoms with van der Waals surface area (Å²) < 4.78 is 0. The molecule has 75 valence electrons. The van der Waals surface area contributed by atoms with Crippen LogP contribution in [0.1, 0.15) is 32.1 Å². The van der Waals surface area contributed by atoms with Crippen molar-refractivity contribution in [3.63, 3.8) is 0 Å². The largest absolute Gasteiger partial charge is 0.0882 e. The molecule has 1 radical (unpaired) electrons. The summed E-state index contributed by atoms with van der Waals surface area (Å²) in [5.41, 5.74) is 0. The highest BCUT2D eigenvalue weighted by Crippen LogP contribution is 2.01. The zero-order valence-electron chi connectivity index (χ0n) is 8.73. The highest BCUT2D eigenvalue weighted by Gasteiger charge is 1.82. The van der Waals surface area contributed by atoms with Crippen molar-refractivity contribution in [2.75, 3.05) is 0 Å². The molecular weight excluding hydrogens is 168 g/mol. The molecule has 0 aromatic rings. The molecule has 0 spiro atoms. The lowest BCUT2D eigenvalue weighted by atomic mass is 10.2. The molecule has 0 nitrogen and oxygen atoms in total. The molecule has 0 aliphatic heterocycles. The third kappa shape index (κ3) is 6.47. The van der Waals surface area contributed by atoms with Crippen molar-refractivity contribution in [1.29, 1.82) is 0 Å². The van der Waals surface area contributed by atoms with Gasteiger partial charge in [-0.25, -0.2) is 0 Å². The van der Waals surface area contributed by atoms with Crippen molar-refractivity contribution >= 4 is 0 Å². The van der Waals surface area contributed by atoms with Crippen LogP contribution in [0.3, 0.4) is 0 Å². The van der Waals surface area contributed by atoms with Crippen molar-refractivity contribution in [2.45, 2.75) is 32.1 Å². The van der Waals surface area contributed by atoms with Gasteiger partial charge < -0.3 is 0 Å². The normalized spacial score (nSPS) is 28.6. The Bertz CT molecular complexity index is 228. The Morgan fingerprint density at radius 2 is 1.21 bits per heavy atom. The van der Waals surface area contributed by atoms with Gasteiger partial charge in [0.05, 0.1) is 0 Å². The molecule has 0 heterocycles. The van der Waals surface area contributed by atoms with E-state index in [0.29, 0.717) is 0 Å². The lowest BCUT2D eigenvalue weighted by Gasteiger charge is -1.91. The van der Waals surface area contributed by atoms with E-state index in [0.717, 1.165) is 32.1 Å². The molecule has 0 N–H and O–H groups in total. The molecular formula is C14H19. The van der Waals surface area contributed by atoms with Crippen molar-refractivity contribution in [2.24, 2.45) is 0 Å². The van der Waals surface area contributed by atoms with Gasteiger partial charge in [0, 0.05) is 0 Å². The summed E-state index contributed by atoms with van der Waals surface area (Å²) in [5.74, 6) is 0. The van der Waals surface area contributed by atoms with Gasteiger partial charge in [-0.1, -0.05) is 48.6 Å². The minimum atomic E-state index is 1.06. The van der Waals surface area contributed by atoms with E-state index < -0.39 is 0 Å². The summed E-state index contributed by atoms with van der Waals surface area (Å²) in [6.45, 7) is 0. The zero-order chi connectivity index (χ0) is 9.90. The molecule has 0 unspecified atom stereocenters. The minimum Gasteiger partial charge on any atom is -0.0882 e. The minimum absolute atomic E-state index is 1.06. The highest BCUT2D eigenvalue weighted by molar-refractivity contribution is 5.06. The van der Waals surface area contributed by atoms with Gasteiger partial charge in [-0.3, -0.25) is 0 Å². The fraction of sp³-hybridized carbons (Fsp3) is 0.357. The van der Waals surface area contributed by atoms with Gasteiger partial charge in [-0.15, -0.1) is 0 Å². The number of hydrogen-bond acceptors (Lipinski definition) is 0. The third-order valence-corrected chi connectivity index (χ3v) is 2.09. The number of hydrogen-bond donors (Lipinski definition) is 0. The summed E-state index contributed by atoms with van der Waals surface area (Å²) in [6.07, 6.45) is 25.5. The molecule has 0 fully saturated rings. The molecule has 0 aromatic heterocycles. The van der Waals surface area contributed by atoms with E-state index in [-0.39, 0.29) is 0 Å². The fourth-order valence-corrected chi connectivity index (χ4v) is 1.30. The molecule has 0 heteroatoms. The van der Waals surface area contributed by atoms with E-state index in [2.05, 4.69) is 55.0 Å². The van der Waals surface area contributed by atoms with Crippen molar-refractivity contribution in [3.8, 4) is 0 Å². The monoisotopic (exact) mass is 187 g/mol. The molecule has 0 bridgehead atoms. The van der Waals surface area contributed by atoms with Gasteiger partial charge in [0.25, 0.3) is 0 Å². The van der Waals surface area contributed by atoms with Gasteiger partial charge in [0.15, 0.2) is 0 Å². The van der Waals surface area contributed by atoms with Crippen LogP contribution in [0.5, 0.6) is 0 Å². The second-order valence-electron chi connectivity index (χ2n) is 3.38. The molecule has 0 saturated carbocycles. The van der Waals surface area contributed by atoms with Gasteiger partial charge in [-0.2, -0.15) is 0 Å². The molecule has 0 atom stereocenters. The molecule has 1 rings (SSSR count). The molecule has 0 aromatic carbocycles. The first-order valence-electron chi connectivity index (χ1n) is 5.45. The second-order valence-corrected chi connectivity index (χ2v) is 3.38. The van der Waals surface area contributed by atoms with Gasteiger partial charge in [0.2, 0.25) is 0 Å². The molecule has 14 heavy (non-hydrogen) atoms. The van der Waals surface area contributed by atoms with Crippen molar-refractivity contribution < 1.29 is 0 Å². The Morgan fingerprint density at radius 3 is 2.14 bits per heavy atom. The van der Waals surface area contributed by atoms with Gasteiger partial charge >= 0.3 is 0 Å². The van der Waals surface area contributed by atoms with Crippen LogP contribution in [-0.4, -0.2) is 0 Å². The van der Waals surface area contributed by atoms with E-state index in [9.17, 15) is 0 Å². The molecule has 0 saturated heterocycles. The van der Waals surface area contributed by atoms with Crippen LogP contribution >= 0.6 is 0 Å². The lowest BCUT2D eigenvalue weighted by molar-refractivity contribution is 0.987. The maximum atomic E-state index is 2.25. The van der Waals surface area contributed by atoms with E-state index in [4.69, 9.17) is 0 Å². The summed E-state index contributed by atoms with van der Waals surface area (Å²) in [4.78, 5) is 0. The predicted octanol–water partition coefficient (Wildman–Crippen LogP) is 4.38. The third-order valence-electron chi connectivity index (χ3n) is 2.09. The summed E-state index contributed by atoms with van der Waals surface area (Å²) in [6, 6.07) is 0. The highest BCUT2D eigenvalue weighted by atomic mass is 13.9. The van der Waals surface area contributed by atoms with E-state index in [1.165, 1.54) is 0 Å². The summed E-state index contributed by atoms with van der Waals surface area (Å²) >= 11 is 0. The van der Waals surface area contributed by atoms with Crippen LogP contribution in [0, 0.1) is 6.42 Å². The average Bonchev–Trinajstić information content (AvgIpc) is 2.22. The van der Waals surface area contributed by atoms with Gasteiger partial charge in [-0.05, 0) is 38.5 Å². The molecule has 1 aliphatic rings. The van der Waals surface area contributed by atoms with E-state index in [1.54, 1.807) is 0 Å².